The smallest absolute Gasteiger partial charge is 0.305 e. The third-order valence-corrected chi connectivity index (χ3v) is 7.83. The van der Waals surface area contributed by atoms with E-state index in [1.54, 1.807) is 6.92 Å². The average Bonchev–Trinajstić information content (AvgIpc) is 3.92. The van der Waals surface area contributed by atoms with Crippen molar-refractivity contribution in [2.75, 3.05) is 19.8 Å². The third-order valence-electron chi connectivity index (χ3n) is 7.83. The Morgan fingerprint density at radius 3 is 1.79 bits per heavy atom. The summed E-state index contributed by atoms with van der Waals surface area (Å²) in [5, 5.41) is 20.7. The fourth-order valence-electron chi connectivity index (χ4n) is 5.57. The summed E-state index contributed by atoms with van der Waals surface area (Å²) in [5.74, 6) is -0.269. The molecule has 244 valence electrons. The van der Waals surface area contributed by atoms with E-state index in [1.807, 2.05) is 91.0 Å². The highest BCUT2D eigenvalue weighted by Crippen LogP contribution is 2.30. The van der Waals surface area contributed by atoms with Crippen LogP contribution >= 0.6 is 0 Å². The van der Waals surface area contributed by atoms with E-state index in [1.165, 1.54) is 0 Å². The number of carbonyl (C=O) groups excluding carboxylic acids is 1. The van der Waals surface area contributed by atoms with Crippen molar-refractivity contribution in [1.29, 1.82) is 0 Å². The Balaban J connectivity index is 0.000000167. The van der Waals surface area contributed by atoms with E-state index in [-0.39, 0.29) is 31.7 Å². The van der Waals surface area contributed by atoms with Gasteiger partial charge in [0.2, 0.25) is 0 Å². The Bertz CT molecular complexity index is 1930. The van der Waals surface area contributed by atoms with Gasteiger partial charge < -0.3 is 29.7 Å². The van der Waals surface area contributed by atoms with Crippen molar-refractivity contribution in [1.82, 2.24) is 19.9 Å². The number of nitrogens with zero attached hydrogens (tertiary/aromatic N) is 2. The zero-order chi connectivity index (χ0) is 33.3. The van der Waals surface area contributed by atoms with Crippen LogP contribution in [0.5, 0.6) is 0 Å². The molecule has 5 heterocycles. The Morgan fingerprint density at radius 1 is 0.750 bits per heavy atom. The lowest BCUT2D eigenvalue weighted by Crippen LogP contribution is -2.22. The third kappa shape index (κ3) is 8.51. The van der Waals surface area contributed by atoms with Crippen molar-refractivity contribution in [2.45, 2.75) is 32.0 Å². The SMILES string of the molecule is C1=Cc2cc3ccc(cc4nc(cc5ccc(cc1n2)[nH]5)C=C4)[nH]3.CCOC(=O)CCC(OCC(O)CO)c1cccc2ccccc12. The van der Waals surface area contributed by atoms with Crippen LogP contribution in [0.1, 0.15) is 54.2 Å². The highest BCUT2D eigenvalue weighted by molar-refractivity contribution is 5.86. The largest absolute Gasteiger partial charge is 0.466 e. The molecular weight excluding hydrogens is 604 g/mol. The van der Waals surface area contributed by atoms with Crippen LogP contribution in [0.4, 0.5) is 0 Å². The highest BCUT2D eigenvalue weighted by Gasteiger charge is 2.18. The second-order valence-electron chi connectivity index (χ2n) is 11.5. The van der Waals surface area contributed by atoms with Gasteiger partial charge in [-0.3, -0.25) is 4.79 Å². The molecular formula is C39H38N4O5. The minimum Gasteiger partial charge on any atom is -0.466 e. The first-order valence-electron chi connectivity index (χ1n) is 16.0. The van der Waals surface area contributed by atoms with Crippen molar-refractivity contribution < 1.29 is 24.5 Å². The summed E-state index contributed by atoms with van der Waals surface area (Å²) in [7, 11) is 0. The first-order valence-corrected chi connectivity index (χ1v) is 16.0. The fourth-order valence-corrected chi connectivity index (χ4v) is 5.57. The quantitative estimate of drug-likeness (QED) is 0.122. The second-order valence-corrected chi connectivity index (χ2v) is 11.5. The second kappa shape index (κ2) is 15.5. The van der Waals surface area contributed by atoms with Crippen molar-refractivity contribution in [2.24, 2.45) is 0 Å². The van der Waals surface area contributed by atoms with Gasteiger partial charge in [-0.05, 0) is 103 Å². The Morgan fingerprint density at radius 2 is 1.27 bits per heavy atom. The topological polar surface area (TPSA) is 133 Å². The van der Waals surface area contributed by atoms with Crippen LogP contribution in [0, 0.1) is 0 Å². The van der Waals surface area contributed by atoms with Crippen LogP contribution in [0.25, 0.3) is 57.1 Å². The molecule has 2 aromatic carbocycles. The van der Waals surface area contributed by atoms with Crippen molar-refractivity contribution in [3.8, 4) is 0 Å². The van der Waals surface area contributed by atoms with Crippen LogP contribution in [0.3, 0.4) is 0 Å². The number of aromatic nitrogens is 4. The molecule has 0 spiro atoms. The van der Waals surface area contributed by atoms with Crippen LogP contribution < -0.4 is 0 Å². The summed E-state index contributed by atoms with van der Waals surface area (Å²) in [5.41, 5.74) is 8.82. The van der Waals surface area contributed by atoms with Gasteiger partial charge in [0, 0.05) is 28.5 Å². The van der Waals surface area contributed by atoms with Crippen molar-refractivity contribution in [3.05, 3.63) is 119 Å². The first-order chi connectivity index (χ1) is 23.4. The standard InChI is InChI=1S/C20H14N4.C19H24O5/c1-2-14-10-16-5-6-18(23-16)12-20-8-7-19(24-20)11-17-4-3-15(22-17)9-13(1)21-14;1-2-23-19(22)11-10-18(24-13-15(21)12-20)17-9-5-7-14-6-3-4-8-16(14)17/h1-12,21,24H;3-9,15,18,20-21H,2,10-13H2,1H3. The number of carbonyl (C=O) groups is 1. The number of hydrogen-bond acceptors (Lipinski definition) is 7. The van der Waals surface area contributed by atoms with Gasteiger partial charge in [-0.15, -0.1) is 0 Å². The van der Waals surface area contributed by atoms with Crippen LogP contribution in [0.15, 0.2) is 91.0 Å². The number of aromatic amines is 2. The summed E-state index contributed by atoms with van der Waals surface area (Å²) < 4.78 is 10.8. The summed E-state index contributed by atoms with van der Waals surface area (Å²) in [6.45, 7) is 1.77. The number of ether oxygens (including phenoxy) is 2. The number of aliphatic hydroxyl groups excluding tert-OH is 2. The molecule has 0 saturated carbocycles. The van der Waals surface area contributed by atoms with E-state index in [0.29, 0.717) is 13.0 Å². The molecule has 9 nitrogen and oxygen atoms in total. The van der Waals surface area contributed by atoms with E-state index >= 15 is 0 Å². The number of fused-ring (bicyclic) bond motifs is 9. The Hall–Kier alpha value is -5.35. The summed E-state index contributed by atoms with van der Waals surface area (Å²) >= 11 is 0. The minimum absolute atomic E-state index is 0.00716. The predicted molar refractivity (Wildman–Crippen MR) is 190 cm³/mol. The number of benzene rings is 2. The molecule has 48 heavy (non-hydrogen) atoms. The molecule has 0 saturated heterocycles. The van der Waals surface area contributed by atoms with Crippen molar-refractivity contribution >= 4 is 63.1 Å². The molecule has 2 unspecified atom stereocenters. The average molecular weight is 643 g/mol. The molecule has 2 aliphatic rings. The number of hydrogen-bond donors (Lipinski definition) is 4. The van der Waals surface area contributed by atoms with Gasteiger partial charge in [0.05, 0.1) is 48.7 Å². The molecule has 9 heteroatoms. The predicted octanol–water partition coefficient (Wildman–Crippen LogP) is 7.25. The van der Waals surface area contributed by atoms with Gasteiger partial charge in [0.15, 0.2) is 0 Å². The lowest BCUT2D eigenvalue weighted by molar-refractivity contribution is -0.144. The number of rotatable bonds is 9. The van der Waals surface area contributed by atoms with Gasteiger partial charge >= 0.3 is 5.97 Å². The van der Waals surface area contributed by atoms with Gasteiger partial charge in [-0.1, -0.05) is 42.5 Å². The van der Waals surface area contributed by atoms with E-state index in [9.17, 15) is 9.90 Å². The number of H-pyrrole nitrogens is 2. The maximum atomic E-state index is 11.7. The lowest BCUT2D eigenvalue weighted by Gasteiger charge is -2.21. The summed E-state index contributed by atoms with van der Waals surface area (Å²) in [6, 6.07) is 30.2. The fraction of sp³-hybridized carbons (Fsp3) is 0.205. The van der Waals surface area contributed by atoms with Gasteiger partial charge in [0.25, 0.3) is 0 Å². The van der Waals surface area contributed by atoms with Crippen LogP contribution in [-0.4, -0.2) is 62.0 Å². The molecule has 4 N–H and O–H groups in total. The molecule has 0 amide bonds. The van der Waals surface area contributed by atoms with E-state index in [0.717, 1.165) is 61.2 Å². The zero-order valence-corrected chi connectivity index (χ0v) is 26.7. The van der Waals surface area contributed by atoms with Gasteiger partial charge in [0.1, 0.15) is 6.10 Å². The molecule has 0 fully saturated rings. The summed E-state index contributed by atoms with van der Waals surface area (Å²) in [4.78, 5) is 27.7. The monoisotopic (exact) mass is 642 g/mol. The van der Waals surface area contributed by atoms with Crippen molar-refractivity contribution in [3.63, 3.8) is 0 Å². The highest BCUT2D eigenvalue weighted by atomic mass is 16.5. The molecule has 3 aromatic heterocycles. The Kier molecular flexibility index (Phi) is 10.5. The Labute approximate surface area is 278 Å². The molecule has 0 aliphatic carbocycles. The molecule has 2 atom stereocenters. The van der Waals surface area contributed by atoms with Crippen LogP contribution in [-0.2, 0) is 14.3 Å². The molecule has 8 bridgehead atoms. The maximum absolute atomic E-state index is 11.7. The molecule has 0 radical (unpaired) electrons. The summed E-state index contributed by atoms with van der Waals surface area (Å²) in [6.07, 6.45) is 7.47. The number of aliphatic hydroxyl groups is 2. The first kappa shape index (κ1) is 32.6. The number of nitrogens with one attached hydrogen (secondary N) is 2. The minimum atomic E-state index is -0.940. The van der Waals surface area contributed by atoms with E-state index < -0.39 is 6.10 Å². The number of esters is 1. The van der Waals surface area contributed by atoms with Gasteiger partial charge in [-0.25, -0.2) is 9.97 Å². The zero-order valence-electron chi connectivity index (χ0n) is 26.7. The normalized spacial score (nSPS) is 13.1. The lowest BCUT2D eigenvalue weighted by atomic mass is 9.97. The molecule has 2 aliphatic heterocycles. The van der Waals surface area contributed by atoms with Crippen LogP contribution in [0.2, 0.25) is 0 Å². The van der Waals surface area contributed by atoms with E-state index in [2.05, 4.69) is 44.2 Å². The van der Waals surface area contributed by atoms with Gasteiger partial charge in [-0.2, -0.15) is 0 Å². The maximum Gasteiger partial charge on any atom is 0.305 e. The molecule has 5 aromatic rings. The molecule has 7 rings (SSSR count). The van der Waals surface area contributed by atoms with E-state index in [4.69, 9.17) is 14.6 Å².